The van der Waals surface area contributed by atoms with E-state index in [0.29, 0.717) is 4.47 Å². The van der Waals surface area contributed by atoms with Crippen molar-refractivity contribution in [2.75, 3.05) is 5.32 Å². The van der Waals surface area contributed by atoms with Crippen LogP contribution in [-0.2, 0) is 12.9 Å². The lowest BCUT2D eigenvalue weighted by molar-refractivity contribution is -0.137. The molecule has 0 saturated heterocycles. The molecule has 0 radical (unpaired) electrons. The molecular formula is C18H12BrF4N3O2. The van der Waals surface area contributed by atoms with Crippen LogP contribution in [0.25, 0.3) is 0 Å². The minimum Gasteiger partial charge on any atom is -0.471 e. The van der Waals surface area contributed by atoms with Crippen LogP contribution in [0.2, 0.25) is 0 Å². The van der Waals surface area contributed by atoms with Crippen LogP contribution < -0.4 is 10.1 Å². The molecule has 1 aromatic heterocycles. The number of halogens is 5. The van der Waals surface area contributed by atoms with Gasteiger partial charge in [0, 0.05) is 10.7 Å². The Morgan fingerprint density at radius 1 is 1.18 bits per heavy atom. The number of carbonyl (C=O) groups is 1. The van der Waals surface area contributed by atoms with E-state index < -0.39 is 23.5 Å². The van der Waals surface area contributed by atoms with E-state index in [1.165, 1.54) is 41.2 Å². The number of anilines is 1. The number of nitrogens with one attached hydrogen (secondary N) is 1. The standard InChI is InChI=1S/C18H12BrF4N3O2/c19-12-4-5-15(14(20)9-12)24-17(27)16-6-7-26(25-16)10-28-13-3-1-2-11(8-13)18(21,22)23/h1-9H,10H2,(H,24,27). The Bertz CT molecular complexity index is 1000. The van der Waals surface area contributed by atoms with E-state index in [1.54, 1.807) is 6.07 Å². The number of hydrogen-bond acceptors (Lipinski definition) is 3. The van der Waals surface area contributed by atoms with Crippen molar-refractivity contribution in [2.24, 2.45) is 0 Å². The lowest BCUT2D eigenvalue weighted by atomic mass is 10.2. The molecule has 0 atom stereocenters. The van der Waals surface area contributed by atoms with Crippen LogP contribution in [0.5, 0.6) is 5.75 Å². The highest BCUT2D eigenvalue weighted by atomic mass is 79.9. The molecule has 5 nitrogen and oxygen atoms in total. The second-order valence-electron chi connectivity index (χ2n) is 5.62. The average Bonchev–Trinajstić information content (AvgIpc) is 3.11. The van der Waals surface area contributed by atoms with E-state index in [0.717, 1.165) is 12.1 Å². The Kier molecular flexibility index (Phi) is 5.68. The molecule has 146 valence electrons. The van der Waals surface area contributed by atoms with Gasteiger partial charge in [-0.1, -0.05) is 22.0 Å². The molecule has 28 heavy (non-hydrogen) atoms. The predicted molar refractivity (Wildman–Crippen MR) is 96.4 cm³/mol. The van der Waals surface area contributed by atoms with Crippen molar-refractivity contribution < 1.29 is 27.1 Å². The van der Waals surface area contributed by atoms with Gasteiger partial charge in [0.15, 0.2) is 12.4 Å². The Morgan fingerprint density at radius 3 is 2.68 bits per heavy atom. The molecule has 0 fully saturated rings. The topological polar surface area (TPSA) is 56.2 Å². The number of hydrogen-bond donors (Lipinski definition) is 1. The first kappa shape index (κ1) is 19.9. The van der Waals surface area contributed by atoms with Gasteiger partial charge in [-0.15, -0.1) is 0 Å². The maximum atomic E-state index is 13.8. The third-order valence-corrected chi connectivity index (χ3v) is 4.07. The fourth-order valence-electron chi connectivity index (χ4n) is 2.23. The van der Waals surface area contributed by atoms with E-state index in [4.69, 9.17) is 4.74 Å². The first-order valence-corrected chi connectivity index (χ1v) is 8.61. The first-order valence-electron chi connectivity index (χ1n) is 7.82. The molecule has 0 spiro atoms. The van der Waals surface area contributed by atoms with Crippen molar-refractivity contribution in [1.29, 1.82) is 0 Å². The van der Waals surface area contributed by atoms with Gasteiger partial charge >= 0.3 is 6.18 Å². The summed E-state index contributed by atoms with van der Waals surface area (Å²) in [5.74, 6) is -1.25. The van der Waals surface area contributed by atoms with Crippen LogP contribution in [0.15, 0.2) is 59.2 Å². The van der Waals surface area contributed by atoms with Crippen LogP contribution >= 0.6 is 15.9 Å². The van der Waals surface area contributed by atoms with Gasteiger partial charge in [0.2, 0.25) is 0 Å². The Morgan fingerprint density at radius 2 is 1.96 bits per heavy atom. The van der Waals surface area contributed by atoms with Crippen LogP contribution in [0, 0.1) is 5.82 Å². The Balaban J connectivity index is 1.63. The summed E-state index contributed by atoms with van der Waals surface area (Å²) in [6.07, 6.45) is -3.06. The minimum atomic E-state index is -4.47. The van der Waals surface area contributed by atoms with Gasteiger partial charge in [0.1, 0.15) is 11.6 Å². The number of carbonyl (C=O) groups excluding carboxylic acids is 1. The zero-order valence-electron chi connectivity index (χ0n) is 14.0. The SMILES string of the molecule is O=C(Nc1ccc(Br)cc1F)c1ccn(COc2cccc(C(F)(F)F)c2)n1. The van der Waals surface area contributed by atoms with Gasteiger partial charge in [0.25, 0.3) is 5.91 Å². The first-order chi connectivity index (χ1) is 13.2. The second kappa shape index (κ2) is 8.01. The van der Waals surface area contributed by atoms with Crippen LogP contribution in [-0.4, -0.2) is 15.7 Å². The van der Waals surface area contributed by atoms with Gasteiger partial charge in [-0.2, -0.15) is 18.3 Å². The third kappa shape index (κ3) is 4.89. The maximum absolute atomic E-state index is 13.8. The zero-order valence-corrected chi connectivity index (χ0v) is 15.6. The molecule has 1 heterocycles. The van der Waals surface area contributed by atoms with Crippen molar-refractivity contribution in [3.63, 3.8) is 0 Å². The fourth-order valence-corrected chi connectivity index (χ4v) is 2.57. The van der Waals surface area contributed by atoms with Gasteiger partial charge < -0.3 is 10.1 Å². The lowest BCUT2D eigenvalue weighted by Crippen LogP contribution is -2.15. The quantitative estimate of drug-likeness (QED) is 0.542. The van der Waals surface area contributed by atoms with Crippen LogP contribution in [0.1, 0.15) is 16.1 Å². The molecule has 1 N–H and O–H groups in total. The summed E-state index contributed by atoms with van der Waals surface area (Å²) in [7, 11) is 0. The van der Waals surface area contributed by atoms with Crippen molar-refractivity contribution in [3.8, 4) is 5.75 Å². The Labute approximate surface area is 165 Å². The van der Waals surface area contributed by atoms with E-state index in [9.17, 15) is 22.4 Å². The van der Waals surface area contributed by atoms with Crippen molar-refractivity contribution in [2.45, 2.75) is 12.9 Å². The molecule has 0 aliphatic heterocycles. The van der Waals surface area contributed by atoms with E-state index in [2.05, 4.69) is 26.3 Å². The lowest BCUT2D eigenvalue weighted by Gasteiger charge is -2.10. The smallest absolute Gasteiger partial charge is 0.416 e. The van der Waals surface area contributed by atoms with Crippen molar-refractivity contribution in [3.05, 3.63) is 76.3 Å². The predicted octanol–water partition coefficient (Wildman–Crippen LogP) is 5.09. The maximum Gasteiger partial charge on any atom is 0.416 e. The zero-order chi connectivity index (χ0) is 20.3. The largest absolute Gasteiger partial charge is 0.471 e. The molecule has 0 bridgehead atoms. The Hall–Kier alpha value is -2.88. The number of nitrogens with zero attached hydrogens (tertiary/aromatic N) is 2. The highest BCUT2D eigenvalue weighted by Gasteiger charge is 2.30. The van der Waals surface area contributed by atoms with E-state index in [1.807, 2.05) is 0 Å². The summed E-state index contributed by atoms with van der Waals surface area (Å²) >= 11 is 3.12. The summed E-state index contributed by atoms with van der Waals surface area (Å²) in [6.45, 7) is -0.207. The van der Waals surface area contributed by atoms with E-state index in [-0.39, 0.29) is 23.9 Å². The molecule has 10 heteroatoms. The van der Waals surface area contributed by atoms with Gasteiger partial charge in [-0.25, -0.2) is 9.07 Å². The van der Waals surface area contributed by atoms with E-state index >= 15 is 0 Å². The number of ether oxygens (including phenoxy) is 1. The molecule has 2 aromatic carbocycles. The van der Waals surface area contributed by atoms with Crippen LogP contribution in [0.4, 0.5) is 23.2 Å². The molecule has 0 unspecified atom stereocenters. The fraction of sp³-hybridized carbons (Fsp3) is 0.111. The summed E-state index contributed by atoms with van der Waals surface area (Å²) in [5, 5.41) is 6.35. The third-order valence-electron chi connectivity index (χ3n) is 3.58. The minimum absolute atomic E-state index is 0.00467. The normalized spacial score (nSPS) is 11.3. The average molecular weight is 458 g/mol. The van der Waals surface area contributed by atoms with Gasteiger partial charge in [-0.3, -0.25) is 4.79 Å². The molecule has 0 saturated carbocycles. The summed E-state index contributed by atoms with van der Waals surface area (Å²) in [4.78, 5) is 12.2. The summed E-state index contributed by atoms with van der Waals surface area (Å²) in [5.41, 5.74) is -0.847. The molecular weight excluding hydrogens is 446 g/mol. The number of benzene rings is 2. The highest BCUT2D eigenvalue weighted by molar-refractivity contribution is 9.10. The number of rotatable bonds is 5. The molecule has 0 aliphatic carbocycles. The summed E-state index contributed by atoms with van der Waals surface area (Å²) < 4.78 is 58.9. The molecule has 3 rings (SSSR count). The monoisotopic (exact) mass is 457 g/mol. The molecule has 3 aromatic rings. The van der Waals surface area contributed by atoms with Crippen LogP contribution in [0.3, 0.4) is 0 Å². The highest BCUT2D eigenvalue weighted by Crippen LogP contribution is 2.31. The van der Waals surface area contributed by atoms with Crippen molar-refractivity contribution >= 4 is 27.5 Å². The van der Waals surface area contributed by atoms with Gasteiger partial charge in [0.05, 0.1) is 11.3 Å². The number of amides is 1. The summed E-state index contributed by atoms with van der Waals surface area (Å²) in [6, 6.07) is 9.96. The van der Waals surface area contributed by atoms with Gasteiger partial charge in [-0.05, 0) is 42.5 Å². The number of aromatic nitrogens is 2. The molecule has 0 aliphatic rings. The second-order valence-corrected chi connectivity index (χ2v) is 6.53. The van der Waals surface area contributed by atoms with Crippen molar-refractivity contribution in [1.82, 2.24) is 9.78 Å². The molecule has 1 amide bonds. The number of alkyl halides is 3.